The van der Waals surface area contributed by atoms with Crippen LogP contribution in [0.3, 0.4) is 0 Å². The highest BCUT2D eigenvalue weighted by Crippen LogP contribution is 2.32. The summed E-state index contributed by atoms with van der Waals surface area (Å²) in [4.78, 5) is 2.57. The van der Waals surface area contributed by atoms with E-state index >= 15 is 0 Å². The normalized spacial score (nSPS) is 21.3. The van der Waals surface area contributed by atoms with Crippen molar-refractivity contribution in [1.29, 1.82) is 0 Å². The number of alkyl halides is 1. The Balaban J connectivity index is 1.59. The van der Waals surface area contributed by atoms with Gasteiger partial charge in [0.2, 0.25) is 0 Å². The molecule has 1 atom stereocenters. The van der Waals surface area contributed by atoms with Crippen molar-refractivity contribution in [2.24, 2.45) is 0 Å². The molecule has 2 nitrogen and oxygen atoms in total. The van der Waals surface area contributed by atoms with Crippen molar-refractivity contribution in [1.82, 2.24) is 4.90 Å². The van der Waals surface area contributed by atoms with E-state index in [-0.39, 0.29) is 5.72 Å². The van der Waals surface area contributed by atoms with Gasteiger partial charge in [0.25, 0.3) is 0 Å². The highest BCUT2D eigenvalue weighted by atomic mass is 79.9. The molecule has 2 aromatic carbocycles. The molecule has 1 unspecified atom stereocenters. The van der Waals surface area contributed by atoms with Gasteiger partial charge in [0.05, 0.1) is 6.61 Å². The Hall–Kier alpha value is -1.16. The Bertz CT molecular complexity index is 618. The van der Waals surface area contributed by atoms with Gasteiger partial charge >= 0.3 is 0 Å². The predicted molar refractivity (Wildman–Crippen MR) is 108 cm³/mol. The first-order chi connectivity index (χ1) is 12.3. The molecule has 3 rings (SSSR count). The monoisotopic (exact) mass is 401 g/mol. The zero-order valence-electron chi connectivity index (χ0n) is 14.9. The van der Waals surface area contributed by atoms with Crippen LogP contribution in [0.15, 0.2) is 60.7 Å². The third-order valence-electron chi connectivity index (χ3n) is 5.12. The summed E-state index contributed by atoms with van der Waals surface area (Å²) in [7, 11) is 0. The SMILES string of the molecule is BrCC1(OCc2ccccc2)CCCCN1CCCc1ccccc1. The fraction of sp³-hybridized carbons (Fsp3) is 0.455. The summed E-state index contributed by atoms with van der Waals surface area (Å²) in [5.74, 6) is 0. The minimum atomic E-state index is -0.162. The Morgan fingerprint density at radius 1 is 0.920 bits per heavy atom. The summed E-state index contributed by atoms with van der Waals surface area (Å²) in [5, 5.41) is 0.873. The summed E-state index contributed by atoms with van der Waals surface area (Å²) in [6, 6.07) is 21.3. The van der Waals surface area contributed by atoms with E-state index in [1.54, 1.807) is 0 Å². The van der Waals surface area contributed by atoms with Crippen LogP contribution in [0.2, 0.25) is 0 Å². The van der Waals surface area contributed by atoms with Crippen LogP contribution in [0.5, 0.6) is 0 Å². The smallest absolute Gasteiger partial charge is 0.131 e. The largest absolute Gasteiger partial charge is 0.355 e. The zero-order chi connectivity index (χ0) is 17.4. The second-order valence-corrected chi connectivity index (χ2v) is 7.45. The van der Waals surface area contributed by atoms with E-state index in [2.05, 4.69) is 81.5 Å². The van der Waals surface area contributed by atoms with E-state index < -0.39 is 0 Å². The molecule has 1 heterocycles. The molecule has 0 radical (unpaired) electrons. The quantitative estimate of drug-likeness (QED) is 0.547. The number of ether oxygens (including phenoxy) is 1. The average Bonchev–Trinajstić information content (AvgIpc) is 2.69. The maximum absolute atomic E-state index is 6.50. The van der Waals surface area contributed by atoms with Crippen LogP contribution in [-0.4, -0.2) is 29.0 Å². The van der Waals surface area contributed by atoms with Gasteiger partial charge in [-0.1, -0.05) is 76.6 Å². The third-order valence-corrected chi connectivity index (χ3v) is 5.99. The van der Waals surface area contributed by atoms with Crippen LogP contribution in [0.25, 0.3) is 0 Å². The van der Waals surface area contributed by atoms with Gasteiger partial charge in [0.1, 0.15) is 5.72 Å². The molecule has 134 valence electrons. The summed E-state index contributed by atoms with van der Waals surface area (Å²) < 4.78 is 6.50. The van der Waals surface area contributed by atoms with Crippen molar-refractivity contribution in [2.45, 2.75) is 44.4 Å². The average molecular weight is 402 g/mol. The number of rotatable bonds is 8. The van der Waals surface area contributed by atoms with Crippen molar-refractivity contribution in [3.8, 4) is 0 Å². The molecule has 0 bridgehead atoms. The van der Waals surface area contributed by atoms with E-state index in [0.29, 0.717) is 6.61 Å². The molecule has 1 aliphatic heterocycles. The molecule has 0 spiro atoms. The highest BCUT2D eigenvalue weighted by Gasteiger charge is 2.38. The van der Waals surface area contributed by atoms with Crippen molar-refractivity contribution < 1.29 is 4.74 Å². The highest BCUT2D eigenvalue weighted by molar-refractivity contribution is 9.09. The van der Waals surface area contributed by atoms with Gasteiger partial charge in [-0.15, -0.1) is 0 Å². The lowest BCUT2D eigenvalue weighted by Gasteiger charge is -2.46. The molecule has 0 saturated carbocycles. The second-order valence-electron chi connectivity index (χ2n) is 6.89. The molecule has 0 amide bonds. The maximum Gasteiger partial charge on any atom is 0.131 e. The van der Waals surface area contributed by atoms with Crippen LogP contribution in [0.1, 0.15) is 36.8 Å². The fourth-order valence-electron chi connectivity index (χ4n) is 3.65. The van der Waals surface area contributed by atoms with Crippen LogP contribution < -0.4 is 0 Å². The van der Waals surface area contributed by atoms with E-state index in [0.717, 1.165) is 31.3 Å². The zero-order valence-corrected chi connectivity index (χ0v) is 16.5. The van der Waals surface area contributed by atoms with E-state index in [9.17, 15) is 0 Å². The Morgan fingerprint density at radius 2 is 1.60 bits per heavy atom. The third kappa shape index (κ3) is 5.16. The van der Waals surface area contributed by atoms with Crippen LogP contribution >= 0.6 is 15.9 Å². The topological polar surface area (TPSA) is 12.5 Å². The van der Waals surface area contributed by atoms with E-state index in [4.69, 9.17) is 4.74 Å². The predicted octanol–water partition coefficient (Wildman–Crippen LogP) is 5.41. The van der Waals surface area contributed by atoms with Gasteiger partial charge in [0.15, 0.2) is 0 Å². The number of benzene rings is 2. The molecular weight excluding hydrogens is 374 g/mol. The Morgan fingerprint density at radius 3 is 2.28 bits per heavy atom. The molecule has 1 saturated heterocycles. The van der Waals surface area contributed by atoms with Gasteiger partial charge in [-0.05, 0) is 43.2 Å². The molecule has 3 heteroatoms. The van der Waals surface area contributed by atoms with Crippen molar-refractivity contribution >= 4 is 15.9 Å². The lowest BCUT2D eigenvalue weighted by molar-refractivity contribution is -0.166. The van der Waals surface area contributed by atoms with Gasteiger partial charge < -0.3 is 4.74 Å². The van der Waals surface area contributed by atoms with Crippen LogP contribution in [0.4, 0.5) is 0 Å². The van der Waals surface area contributed by atoms with Crippen molar-refractivity contribution in [3.63, 3.8) is 0 Å². The van der Waals surface area contributed by atoms with Crippen LogP contribution in [0, 0.1) is 0 Å². The summed E-state index contributed by atoms with van der Waals surface area (Å²) >= 11 is 3.75. The first-order valence-electron chi connectivity index (χ1n) is 9.35. The minimum Gasteiger partial charge on any atom is -0.355 e. The van der Waals surface area contributed by atoms with Gasteiger partial charge in [0, 0.05) is 18.4 Å². The lowest BCUT2D eigenvalue weighted by Crippen LogP contribution is -2.55. The number of nitrogens with zero attached hydrogens (tertiary/aromatic N) is 1. The number of hydrogen-bond acceptors (Lipinski definition) is 2. The summed E-state index contributed by atoms with van der Waals surface area (Å²) in [6.45, 7) is 2.91. The molecule has 0 aliphatic carbocycles. The molecule has 0 N–H and O–H groups in total. The summed E-state index contributed by atoms with van der Waals surface area (Å²) in [6.07, 6.45) is 5.93. The van der Waals surface area contributed by atoms with Gasteiger partial charge in [-0.2, -0.15) is 0 Å². The van der Waals surface area contributed by atoms with E-state index in [1.165, 1.54) is 30.4 Å². The first kappa shape index (κ1) is 18.6. The van der Waals surface area contributed by atoms with Crippen LogP contribution in [-0.2, 0) is 17.8 Å². The molecule has 0 aromatic heterocycles. The van der Waals surface area contributed by atoms with Crippen molar-refractivity contribution in [3.05, 3.63) is 71.8 Å². The van der Waals surface area contributed by atoms with E-state index in [1.807, 2.05) is 0 Å². The number of aryl methyl sites for hydroxylation is 1. The van der Waals surface area contributed by atoms with Gasteiger partial charge in [-0.3, -0.25) is 4.90 Å². The molecule has 1 fully saturated rings. The minimum absolute atomic E-state index is 0.162. The second kappa shape index (κ2) is 9.51. The maximum atomic E-state index is 6.50. The molecular formula is C22H28BrNO. The first-order valence-corrected chi connectivity index (χ1v) is 10.5. The number of halogens is 1. The Labute approximate surface area is 160 Å². The number of hydrogen-bond donors (Lipinski definition) is 0. The Kier molecular flexibility index (Phi) is 7.09. The lowest BCUT2D eigenvalue weighted by atomic mass is 9.98. The molecule has 2 aromatic rings. The van der Waals surface area contributed by atoms with Crippen molar-refractivity contribution in [2.75, 3.05) is 18.4 Å². The summed E-state index contributed by atoms with van der Waals surface area (Å²) in [5.41, 5.74) is 2.51. The molecule has 1 aliphatic rings. The van der Waals surface area contributed by atoms with Gasteiger partial charge in [-0.25, -0.2) is 0 Å². The number of piperidine rings is 1. The molecule has 25 heavy (non-hydrogen) atoms. The number of likely N-dealkylation sites (tertiary alicyclic amines) is 1. The fourth-order valence-corrected chi connectivity index (χ4v) is 4.44. The standard InChI is InChI=1S/C22H28BrNO/c23-19-22(25-18-21-12-5-2-6-13-21)15-7-8-16-24(22)17-9-14-20-10-3-1-4-11-20/h1-6,10-13H,7-9,14-19H2.